The smallest absolute Gasteiger partial charge is 0.350 e. The quantitative estimate of drug-likeness (QED) is 0.532. The highest BCUT2D eigenvalue weighted by atomic mass is 32.1. The van der Waals surface area contributed by atoms with Gasteiger partial charge in [0.1, 0.15) is 0 Å². The molecule has 154 valence electrons. The van der Waals surface area contributed by atoms with Gasteiger partial charge in [0.15, 0.2) is 0 Å². The molecule has 3 N–H and O–H groups in total. The molecule has 0 radical (unpaired) electrons. The second-order valence-corrected chi connectivity index (χ2v) is 8.42. The van der Waals surface area contributed by atoms with Gasteiger partial charge in [-0.25, -0.2) is 8.78 Å². The van der Waals surface area contributed by atoms with E-state index in [1.54, 1.807) is 4.90 Å². The fourth-order valence-corrected chi connectivity index (χ4v) is 4.90. The maximum absolute atomic E-state index is 13.3. The largest absolute Gasteiger partial charge is 0.390 e. The summed E-state index contributed by atoms with van der Waals surface area (Å²) in [5, 5.41) is 4.05. The number of halogens is 5. The van der Waals surface area contributed by atoms with E-state index in [-0.39, 0.29) is 32.1 Å². The van der Waals surface area contributed by atoms with E-state index in [1.807, 2.05) is 11.8 Å². The van der Waals surface area contributed by atoms with Crippen molar-refractivity contribution in [2.24, 2.45) is 5.73 Å². The average Bonchev–Trinajstić information content (AvgIpc) is 2.86. The first-order valence-electron chi connectivity index (χ1n) is 9.05. The Hall–Kier alpha value is -0.970. The number of thiophene rings is 1. The molecule has 2 aliphatic rings. The fraction of sp³-hybridized carbons (Fsp3) is 0.765. The predicted octanol–water partition coefficient (Wildman–Crippen LogP) is 3.43. The molecule has 0 spiro atoms. The van der Waals surface area contributed by atoms with Crippen LogP contribution in [0, 0.1) is 6.92 Å². The van der Waals surface area contributed by atoms with Crippen molar-refractivity contribution >= 4 is 16.3 Å². The summed E-state index contributed by atoms with van der Waals surface area (Å²) in [7, 11) is 0. The third-order valence-corrected chi connectivity index (χ3v) is 6.60. The Bertz CT molecular complexity index is 652. The van der Waals surface area contributed by atoms with Crippen molar-refractivity contribution in [2.75, 3.05) is 31.2 Å². The molecule has 1 aromatic rings. The normalized spacial score (nSPS) is 20.6. The van der Waals surface area contributed by atoms with Gasteiger partial charge in [-0.15, -0.1) is 11.3 Å². The molecule has 1 fully saturated rings. The lowest BCUT2D eigenvalue weighted by Crippen LogP contribution is -2.55. The van der Waals surface area contributed by atoms with Gasteiger partial charge in [-0.2, -0.15) is 13.2 Å². The Morgan fingerprint density at radius 2 is 2.00 bits per heavy atom. The van der Waals surface area contributed by atoms with Crippen molar-refractivity contribution < 1.29 is 22.0 Å². The van der Waals surface area contributed by atoms with Gasteiger partial charge in [0.05, 0.1) is 18.1 Å². The summed E-state index contributed by atoms with van der Waals surface area (Å²) in [4.78, 5) is 4.66. The fourth-order valence-electron chi connectivity index (χ4n) is 3.60. The van der Waals surface area contributed by atoms with E-state index in [0.29, 0.717) is 26.2 Å². The average molecular weight is 412 g/mol. The standard InChI is InChI=1S/C17H25F5N4S/c1-11-13-9-26(12-6-16(18,19)7-12)10-25(5-2-17(20,21)22)15(13)27-14(11)8-24-4-3-23/h12,24H,2-10,23H2,1H3. The molecule has 1 aromatic heterocycles. The summed E-state index contributed by atoms with van der Waals surface area (Å²) >= 11 is 1.49. The Morgan fingerprint density at radius 1 is 1.30 bits per heavy atom. The number of anilines is 1. The highest BCUT2D eigenvalue weighted by molar-refractivity contribution is 7.16. The van der Waals surface area contributed by atoms with Crippen LogP contribution in [0.3, 0.4) is 0 Å². The molecule has 0 saturated heterocycles. The van der Waals surface area contributed by atoms with Crippen LogP contribution >= 0.6 is 11.3 Å². The molecule has 1 saturated carbocycles. The number of hydrogen-bond donors (Lipinski definition) is 2. The minimum Gasteiger partial charge on any atom is -0.350 e. The number of rotatable bonds is 7. The van der Waals surface area contributed by atoms with Crippen LogP contribution in [0.5, 0.6) is 0 Å². The number of alkyl halides is 5. The van der Waals surface area contributed by atoms with Crippen LogP contribution in [0.2, 0.25) is 0 Å². The van der Waals surface area contributed by atoms with Gasteiger partial charge in [0, 0.05) is 62.0 Å². The lowest BCUT2D eigenvalue weighted by atomic mass is 9.86. The molecule has 0 aromatic carbocycles. The van der Waals surface area contributed by atoms with Gasteiger partial charge in [0.2, 0.25) is 0 Å². The second kappa shape index (κ2) is 7.81. The van der Waals surface area contributed by atoms with Crippen molar-refractivity contribution in [3.8, 4) is 0 Å². The van der Waals surface area contributed by atoms with Crippen LogP contribution in [0.4, 0.5) is 27.0 Å². The number of nitrogens with zero attached hydrogens (tertiary/aromatic N) is 2. The van der Waals surface area contributed by atoms with Gasteiger partial charge in [-0.3, -0.25) is 4.90 Å². The van der Waals surface area contributed by atoms with Gasteiger partial charge in [-0.1, -0.05) is 0 Å². The molecule has 1 aliphatic carbocycles. The number of hydrogen-bond acceptors (Lipinski definition) is 5. The van der Waals surface area contributed by atoms with Crippen molar-refractivity contribution in [2.45, 2.75) is 57.4 Å². The monoisotopic (exact) mass is 412 g/mol. The second-order valence-electron chi connectivity index (χ2n) is 7.33. The third-order valence-electron chi connectivity index (χ3n) is 5.21. The maximum atomic E-state index is 13.3. The molecule has 0 amide bonds. The van der Waals surface area contributed by atoms with E-state index in [4.69, 9.17) is 5.73 Å². The summed E-state index contributed by atoms with van der Waals surface area (Å²) in [6.45, 7) is 4.34. The zero-order valence-electron chi connectivity index (χ0n) is 15.2. The molecular formula is C17H25F5N4S. The first-order chi connectivity index (χ1) is 12.6. The lowest BCUT2D eigenvalue weighted by molar-refractivity contribution is -0.134. The number of nitrogens with one attached hydrogen (secondary N) is 1. The molecule has 10 heteroatoms. The third kappa shape index (κ3) is 4.90. The van der Waals surface area contributed by atoms with E-state index in [1.165, 1.54) is 11.3 Å². The Morgan fingerprint density at radius 3 is 2.59 bits per heavy atom. The summed E-state index contributed by atoms with van der Waals surface area (Å²) in [6.07, 6.45) is -5.60. The first-order valence-corrected chi connectivity index (χ1v) is 9.87. The van der Waals surface area contributed by atoms with E-state index in [0.717, 1.165) is 21.0 Å². The van der Waals surface area contributed by atoms with Gasteiger partial charge < -0.3 is 16.0 Å². The van der Waals surface area contributed by atoms with E-state index in [9.17, 15) is 22.0 Å². The molecule has 1 aliphatic heterocycles. The Labute approximate surface area is 159 Å². The first kappa shape index (κ1) is 20.8. The molecule has 2 heterocycles. The minimum atomic E-state index is -4.25. The predicted molar refractivity (Wildman–Crippen MR) is 96.2 cm³/mol. The molecule has 3 rings (SSSR count). The zero-order valence-corrected chi connectivity index (χ0v) is 16.0. The topological polar surface area (TPSA) is 44.5 Å². The van der Waals surface area contributed by atoms with Crippen molar-refractivity contribution in [1.82, 2.24) is 10.2 Å². The van der Waals surface area contributed by atoms with Crippen LogP contribution < -0.4 is 16.0 Å². The molecule has 0 atom stereocenters. The van der Waals surface area contributed by atoms with Crippen molar-refractivity contribution in [1.29, 1.82) is 0 Å². The Balaban J connectivity index is 1.79. The molecule has 27 heavy (non-hydrogen) atoms. The maximum Gasteiger partial charge on any atom is 0.390 e. The summed E-state index contributed by atoms with van der Waals surface area (Å²) < 4.78 is 64.8. The number of nitrogens with two attached hydrogens (primary N) is 1. The van der Waals surface area contributed by atoms with Crippen LogP contribution in [0.1, 0.15) is 35.3 Å². The van der Waals surface area contributed by atoms with Crippen LogP contribution in [0.25, 0.3) is 0 Å². The van der Waals surface area contributed by atoms with Crippen LogP contribution in [0.15, 0.2) is 0 Å². The Kier molecular flexibility index (Phi) is 6.00. The highest BCUT2D eigenvalue weighted by Gasteiger charge is 2.49. The minimum absolute atomic E-state index is 0.161. The summed E-state index contributed by atoms with van der Waals surface area (Å²) in [6, 6.07) is -0.278. The molecule has 0 unspecified atom stereocenters. The summed E-state index contributed by atoms with van der Waals surface area (Å²) in [5.74, 6) is -2.65. The van der Waals surface area contributed by atoms with Gasteiger partial charge >= 0.3 is 6.18 Å². The molecule has 0 bridgehead atoms. The van der Waals surface area contributed by atoms with Crippen molar-refractivity contribution in [3.63, 3.8) is 0 Å². The van der Waals surface area contributed by atoms with E-state index < -0.39 is 18.5 Å². The van der Waals surface area contributed by atoms with Crippen LogP contribution in [-0.2, 0) is 13.1 Å². The number of fused-ring (bicyclic) bond motifs is 1. The SMILES string of the molecule is Cc1c(CNCCN)sc2c1CN(C1CC(F)(F)C1)CN2CCC(F)(F)F. The summed E-state index contributed by atoms with van der Waals surface area (Å²) in [5.41, 5.74) is 7.48. The van der Waals surface area contributed by atoms with E-state index >= 15 is 0 Å². The van der Waals surface area contributed by atoms with Crippen molar-refractivity contribution in [3.05, 3.63) is 16.0 Å². The zero-order chi connectivity index (χ0) is 19.8. The van der Waals surface area contributed by atoms with Gasteiger partial charge in [0.25, 0.3) is 5.92 Å². The van der Waals surface area contributed by atoms with Crippen LogP contribution in [-0.4, -0.2) is 49.3 Å². The molecule has 4 nitrogen and oxygen atoms in total. The van der Waals surface area contributed by atoms with E-state index in [2.05, 4.69) is 5.32 Å². The lowest BCUT2D eigenvalue weighted by Gasteiger charge is -2.47. The van der Waals surface area contributed by atoms with Gasteiger partial charge in [-0.05, 0) is 12.5 Å². The highest BCUT2D eigenvalue weighted by Crippen LogP contribution is 2.45. The molecular weight excluding hydrogens is 387 g/mol.